The molecule has 0 saturated carbocycles. The number of imidazole rings is 1. The topological polar surface area (TPSA) is 101 Å². The van der Waals surface area contributed by atoms with E-state index in [9.17, 15) is 23.3 Å². The minimum absolute atomic E-state index is 0.0971. The first kappa shape index (κ1) is 13.7. The van der Waals surface area contributed by atoms with Gasteiger partial charge in [-0.05, 0) is 17.1 Å². The molecule has 2 aromatic heterocycles. The molecule has 11 heteroatoms. The molecule has 0 amide bonds. The van der Waals surface area contributed by atoms with E-state index in [1.807, 2.05) is 0 Å². The van der Waals surface area contributed by atoms with Gasteiger partial charge in [-0.3, -0.25) is 0 Å². The average molecular weight is 310 g/mol. The molecule has 0 saturated heterocycles. The van der Waals surface area contributed by atoms with Crippen molar-refractivity contribution in [1.29, 1.82) is 0 Å². The van der Waals surface area contributed by atoms with Crippen molar-refractivity contribution in [2.24, 2.45) is 0 Å². The summed E-state index contributed by atoms with van der Waals surface area (Å²) in [6, 6.07) is 1.28. The highest BCUT2D eigenvalue weighted by Crippen LogP contribution is 2.28. The van der Waals surface area contributed by atoms with Gasteiger partial charge in [-0.15, -0.1) is 0 Å². The number of nitrogens with one attached hydrogen (secondary N) is 1. The van der Waals surface area contributed by atoms with Crippen LogP contribution in [0.5, 0.6) is 0 Å². The molecule has 112 valence electrons. The fraction of sp³-hybridized carbons (Fsp3) is 0. The number of hydrogen-bond donors (Lipinski definition) is 1. The number of anilines is 2. The van der Waals surface area contributed by atoms with E-state index in [2.05, 4.69) is 19.9 Å². The van der Waals surface area contributed by atoms with Crippen molar-refractivity contribution in [3.05, 3.63) is 52.2 Å². The van der Waals surface area contributed by atoms with Crippen LogP contribution in [-0.2, 0) is 0 Å². The maximum atomic E-state index is 13.8. The number of benzene rings is 1. The third-order valence-corrected chi connectivity index (χ3v) is 2.76. The van der Waals surface area contributed by atoms with Crippen molar-refractivity contribution in [3.63, 3.8) is 0 Å². The Bertz CT molecular complexity index is 883. The summed E-state index contributed by atoms with van der Waals surface area (Å²) in [5.74, 6) is -5.56. The summed E-state index contributed by atoms with van der Waals surface area (Å²) >= 11 is 0. The molecule has 8 nitrogen and oxygen atoms in total. The molecule has 1 N–H and O–H groups in total. The maximum Gasteiger partial charge on any atom is 0.296 e. The van der Waals surface area contributed by atoms with Crippen molar-refractivity contribution in [2.75, 3.05) is 5.01 Å². The zero-order valence-corrected chi connectivity index (χ0v) is 10.5. The van der Waals surface area contributed by atoms with Gasteiger partial charge in [0.15, 0.2) is 33.8 Å². The first-order valence-corrected chi connectivity index (χ1v) is 5.73. The smallest absolute Gasteiger partial charge is 0.296 e. The van der Waals surface area contributed by atoms with Gasteiger partial charge in [0.25, 0.3) is 5.95 Å². The molecular weight excluding hydrogens is 305 g/mol. The van der Waals surface area contributed by atoms with Crippen LogP contribution in [0.3, 0.4) is 0 Å². The Balaban J connectivity index is 2.18. The molecule has 0 spiro atoms. The number of fused-ring (bicyclic) bond motifs is 1. The molecule has 3 rings (SSSR count). The molecule has 2 heterocycles. The predicted molar refractivity (Wildman–Crippen MR) is 67.1 cm³/mol. The second kappa shape index (κ2) is 4.95. The summed E-state index contributed by atoms with van der Waals surface area (Å²) in [5.41, 5.74) is -0.337. The van der Waals surface area contributed by atoms with Crippen molar-refractivity contribution in [1.82, 2.24) is 19.9 Å². The van der Waals surface area contributed by atoms with E-state index in [0.717, 1.165) is 0 Å². The van der Waals surface area contributed by atoms with Gasteiger partial charge >= 0.3 is 0 Å². The predicted octanol–water partition coefficient (Wildman–Crippen LogP) is 2.10. The summed E-state index contributed by atoms with van der Waals surface area (Å²) in [6.45, 7) is 0. The largest absolute Gasteiger partial charge is 0.342 e. The van der Waals surface area contributed by atoms with Gasteiger partial charge in [-0.2, -0.15) is 4.98 Å². The van der Waals surface area contributed by atoms with Crippen LogP contribution in [0.4, 0.5) is 24.8 Å². The van der Waals surface area contributed by atoms with Crippen molar-refractivity contribution < 1.29 is 18.2 Å². The van der Waals surface area contributed by atoms with Gasteiger partial charge < -0.3 is 4.98 Å². The van der Waals surface area contributed by atoms with Gasteiger partial charge in [0.1, 0.15) is 5.52 Å². The van der Waals surface area contributed by atoms with E-state index in [1.54, 1.807) is 0 Å². The van der Waals surface area contributed by atoms with Crippen LogP contribution in [0.2, 0.25) is 0 Å². The van der Waals surface area contributed by atoms with E-state index in [-0.39, 0.29) is 10.7 Å². The van der Waals surface area contributed by atoms with Crippen molar-refractivity contribution in [3.8, 4) is 0 Å². The Kier molecular flexibility index (Phi) is 3.09. The zero-order chi connectivity index (χ0) is 15.9. The minimum atomic E-state index is -1.83. The van der Waals surface area contributed by atoms with Crippen LogP contribution in [0, 0.1) is 27.6 Å². The Morgan fingerprint density at radius 1 is 1.18 bits per heavy atom. The number of rotatable bonds is 3. The fourth-order valence-corrected chi connectivity index (χ4v) is 1.78. The van der Waals surface area contributed by atoms with Crippen LogP contribution in [0.25, 0.3) is 11.2 Å². The SMILES string of the molecule is O=[N+]([O-])N(c1ncc2[nH]cnc2n1)c1ccc(F)c(F)c1F. The standard InChI is InChI=1S/C11H5F3N6O2/c12-5-1-2-7(9(14)8(5)13)19(20(21)22)11-15-3-6-10(18-11)17-4-16-6/h1-4H,(H,15,16,17,18). The third kappa shape index (κ3) is 2.08. The van der Waals surface area contributed by atoms with Crippen LogP contribution >= 0.6 is 0 Å². The number of H-pyrrole nitrogens is 1. The summed E-state index contributed by atoms with van der Waals surface area (Å²) in [4.78, 5) is 25.1. The molecule has 0 fully saturated rings. The molecule has 22 heavy (non-hydrogen) atoms. The molecule has 0 aliphatic heterocycles. The number of hydrogen-bond acceptors (Lipinski definition) is 5. The van der Waals surface area contributed by atoms with E-state index in [4.69, 9.17) is 0 Å². The summed E-state index contributed by atoms with van der Waals surface area (Å²) in [6.07, 6.45) is 2.48. The number of nitro groups is 1. The second-order valence-electron chi connectivity index (χ2n) is 4.05. The average Bonchev–Trinajstić information content (AvgIpc) is 2.95. The lowest BCUT2D eigenvalue weighted by Gasteiger charge is -2.12. The van der Waals surface area contributed by atoms with E-state index in [0.29, 0.717) is 17.6 Å². The van der Waals surface area contributed by atoms with E-state index < -0.39 is 34.1 Å². The lowest BCUT2D eigenvalue weighted by atomic mass is 10.2. The third-order valence-electron chi connectivity index (χ3n) is 2.76. The normalized spacial score (nSPS) is 10.9. The Hall–Kier alpha value is -3.24. The minimum Gasteiger partial charge on any atom is -0.342 e. The fourth-order valence-electron chi connectivity index (χ4n) is 1.78. The van der Waals surface area contributed by atoms with E-state index >= 15 is 0 Å². The lowest BCUT2D eigenvalue weighted by molar-refractivity contribution is -0.484. The second-order valence-corrected chi connectivity index (χ2v) is 4.05. The molecule has 0 bridgehead atoms. The molecule has 0 unspecified atom stereocenters. The van der Waals surface area contributed by atoms with Crippen LogP contribution < -0.4 is 5.01 Å². The molecule has 0 radical (unpaired) electrons. The number of halogens is 3. The summed E-state index contributed by atoms with van der Waals surface area (Å²) in [7, 11) is 0. The molecule has 3 aromatic rings. The summed E-state index contributed by atoms with van der Waals surface area (Å²) in [5, 5.41) is 10.2. The first-order chi connectivity index (χ1) is 10.5. The highest BCUT2D eigenvalue weighted by atomic mass is 19.2. The molecule has 0 aliphatic carbocycles. The first-order valence-electron chi connectivity index (χ1n) is 5.73. The van der Waals surface area contributed by atoms with Gasteiger partial charge in [0.2, 0.25) is 0 Å². The number of aromatic nitrogens is 4. The lowest BCUT2D eigenvalue weighted by Crippen LogP contribution is -2.27. The Labute approximate surface area is 119 Å². The number of hydrazine groups is 1. The zero-order valence-electron chi connectivity index (χ0n) is 10.5. The quantitative estimate of drug-likeness (QED) is 0.451. The van der Waals surface area contributed by atoms with Crippen molar-refractivity contribution in [2.45, 2.75) is 0 Å². The Morgan fingerprint density at radius 3 is 2.68 bits per heavy atom. The number of aromatic amines is 1. The monoisotopic (exact) mass is 310 g/mol. The highest BCUT2D eigenvalue weighted by Gasteiger charge is 2.30. The van der Waals surface area contributed by atoms with Crippen LogP contribution in [0.1, 0.15) is 0 Å². The maximum absolute atomic E-state index is 13.8. The van der Waals surface area contributed by atoms with Gasteiger partial charge in [0.05, 0.1) is 12.5 Å². The van der Waals surface area contributed by atoms with E-state index in [1.165, 1.54) is 12.5 Å². The highest BCUT2D eigenvalue weighted by molar-refractivity contribution is 5.70. The van der Waals surface area contributed by atoms with Crippen LogP contribution in [-0.4, -0.2) is 25.0 Å². The van der Waals surface area contributed by atoms with Gasteiger partial charge in [-0.25, -0.2) is 33.3 Å². The summed E-state index contributed by atoms with van der Waals surface area (Å²) < 4.78 is 40.0. The number of nitrogens with zero attached hydrogens (tertiary/aromatic N) is 5. The van der Waals surface area contributed by atoms with Gasteiger partial charge in [-0.1, -0.05) is 0 Å². The molecule has 1 aromatic carbocycles. The molecule has 0 aliphatic rings. The van der Waals surface area contributed by atoms with Crippen LogP contribution in [0.15, 0.2) is 24.7 Å². The molecular formula is C11H5F3N6O2. The van der Waals surface area contributed by atoms with Gasteiger partial charge in [0, 0.05) is 0 Å². The Morgan fingerprint density at radius 2 is 1.95 bits per heavy atom. The molecule has 0 atom stereocenters. The van der Waals surface area contributed by atoms with Crippen molar-refractivity contribution >= 4 is 22.8 Å².